The Kier molecular flexibility index (Phi) is 8.30. The molecule has 0 aromatic heterocycles. The second-order valence-corrected chi connectivity index (χ2v) is 6.96. The van der Waals surface area contributed by atoms with Gasteiger partial charge < -0.3 is 20.3 Å². The van der Waals surface area contributed by atoms with Crippen LogP contribution in [0.1, 0.15) is 29.3 Å². The van der Waals surface area contributed by atoms with Gasteiger partial charge in [0.25, 0.3) is 5.91 Å². The van der Waals surface area contributed by atoms with E-state index >= 15 is 0 Å². The molecule has 0 bridgehead atoms. The van der Waals surface area contributed by atoms with Gasteiger partial charge in [0.15, 0.2) is 0 Å². The highest BCUT2D eigenvalue weighted by molar-refractivity contribution is 6.01. The zero-order valence-electron chi connectivity index (χ0n) is 17.3. The number of nitro benzene ring substituents is 1. The number of hydrogen-bond donors (Lipinski definition) is 2. The molecule has 0 unspecified atom stereocenters. The monoisotopic (exact) mass is 414 g/mol. The summed E-state index contributed by atoms with van der Waals surface area (Å²) in [4.78, 5) is 37.3. The van der Waals surface area contributed by atoms with Crippen molar-refractivity contribution in [3.8, 4) is 5.75 Å². The zero-order chi connectivity index (χ0) is 22.1. The average Bonchev–Trinajstić information content (AvgIpc) is 2.69. The second-order valence-electron chi connectivity index (χ2n) is 6.96. The maximum Gasteiger partial charge on any atom is 0.325 e. The van der Waals surface area contributed by atoms with Crippen LogP contribution in [0.5, 0.6) is 5.75 Å². The van der Waals surface area contributed by atoms with Gasteiger partial charge in [0.2, 0.25) is 11.7 Å². The summed E-state index contributed by atoms with van der Waals surface area (Å²) in [6.45, 7) is 2.48. The van der Waals surface area contributed by atoms with Crippen LogP contribution in [0.4, 0.5) is 11.4 Å². The summed E-state index contributed by atoms with van der Waals surface area (Å²) < 4.78 is 5.72. The van der Waals surface area contributed by atoms with Crippen LogP contribution < -0.4 is 15.4 Å². The number of anilines is 1. The third-order valence-electron chi connectivity index (χ3n) is 4.16. The van der Waals surface area contributed by atoms with Gasteiger partial charge in [0.1, 0.15) is 12.2 Å². The van der Waals surface area contributed by atoms with Crippen molar-refractivity contribution in [2.24, 2.45) is 0 Å². The number of amides is 2. The molecule has 2 amide bonds. The Balaban J connectivity index is 2.34. The predicted octanol–water partition coefficient (Wildman–Crippen LogP) is 2.81. The number of carbonyl (C=O) groups excluding carboxylic acids is 2. The fourth-order valence-corrected chi connectivity index (χ4v) is 2.79. The van der Waals surface area contributed by atoms with Gasteiger partial charge in [-0.25, -0.2) is 0 Å². The summed E-state index contributed by atoms with van der Waals surface area (Å²) in [5.41, 5.74) is 0.317. The first-order valence-electron chi connectivity index (χ1n) is 9.48. The van der Waals surface area contributed by atoms with E-state index in [0.29, 0.717) is 13.0 Å². The number of hydrogen-bond acceptors (Lipinski definition) is 6. The van der Waals surface area contributed by atoms with E-state index in [0.717, 1.165) is 12.1 Å². The molecule has 30 heavy (non-hydrogen) atoms. The maximum atomic E-state index is 12.6. The third kappa shape index (κ3) is 6.56. The molecule has 0 aliphatic carbocycles. The van der Waals surface area contributed by atoms with E-state index in [-0.39, 0.29) is 23.6 Å². The Labute approximate surface area is 175 Å². The van der Waals surface area contributed by atoms with Crippen molar-refractivity contribution in [3.05, 3.63) is 63.7 Å². The van der Waals surface area contributed by atoms with E-state index in [4.69, 9.17) is 4.74 Å². The predicted molar refractivity (Wildman–Crippen MR) is 114 cm³/mol. The van der Waals surface area contributed by atoms with Crippen LogP contribution in [0.3, 0.4) is 0 Å². The van der Waals surface area contributed by atoms with Crippen LogP contribution in [0, 0.1) is 10.1 Å². The fourth-order valence-electron chi connectivity index (χ4n) is 2.79. The lowest BCUT2D eigenvalue weighted by Gasteiger charge is -2.15. The first kappa shape index (κ1) is 22.8. The van der Waals surface area contributed by atoms with Gasteiger partial charge in [-0.15, -0.1) is 0 Å². The minimum Gasteiger partial charge on any atom is -0.480 e. The second kappa shape index (κ2) is 10.9. The van der Waals surface area contributed by atoms with Crippen molar-refractivity contribution in [1.82, 2.24) is 10.2 Å². The van der Waals surface area contributed by atoms with Crippen LogP contribution in [0.15, 0.2) is 42.5 Å². The topological polar surface area (TPSA) is 114 Å². The Hall–Kier alpha value is -3.46. The highest BCUT2D eigenvalue weighted by atomic mass is 16.6. The molecular formula is C21H26N4O5. The Morgan fingerprint density at radius 2 is 1.83 bits per heavy atom. The fraction of sp³-hybridized carbons (Fsp3) is 0.333. The molecule has 0 radical (unpaired) electrons. The summed E-state index contributed by atoms with van der Waals surface area (Å²) in [7, 11) is 3.84. The molecule has 0 atom stereocenters. The zero-order valence-corrected chi connectivity index (χ0v) is 17.3. The molecule has 0 saturated carbocycles. The molecule has 2 aromatic carbocycles. The number of nitrogens with zero attached hydrogens (tertiary/aromatic N) is 2. The number of rotatable bonds is 10. The average molecular weight is 414 g/mol. The normalized spacial score (nSPS) is 10.5. The number of benzene rings is 2. The van der Waals surface area contributed by atoms with E-state index in [2.05, 4.69) is 10.6 Å². The molecule has 9 nitrogen and oxygen atoms in total. The molecule has 0 spiro atoms. The quantitative estimate of drug-likeness (QED) is 0.351. The maximum absolute atomic E-state index is 12.6. The van der Waals surface area contributed by atoms with E-state index in [1.165, 1.54) is 19.1 Å². The minimum absolute atomic E-state index is 0.0438. The molecule has 0 saturated heterocycles. The first-order chi connectivity index (χ1) is 14.3. The largest absolute Gasteiger partial charge is 0.480 e. The Bertz CT molecular complexity index is 900. The molecule has 2 aromatic rings. The van der Waals surface area contributed by atoms with E-state index in [1.807, 2.05) is 49.3 Å². The van der Waals surface area contributed by atoms with E-state index in [1.54, 1.807) is 0 Å². The number of nitrogens with one attached hydrogen (secondary N) is 2. The van der Waals surface area contributed by atoms with Crippen molar-refractivity contribution >= 4 is 23.2 Å². The van der Waals surface area contributed by atoms with Crippen molar-refractivity contribution in [2.45, 2.75) is 20.0 Å². The van der Waals surface area contributed by atoms with Gasteiger partial charge in [-0.1, -0.05) is 30.3 Å². The third-order valence-corrected chi connectivity index (χ3v) is 4.16. The molecular weight excluding hydrogens is 388 g/mol. The number of ether oxygens (including phenoxy) is 1. The molecule has 0 aliphatic rings. The van der Waals surface area contributed by atoms with Gasteiger partial charge >= 0.3 is 5.69 Å². The van der Waals surface area contributed by atoms with Crippen LogP contribution in [0.25, 0.3) is 0 Å². The Morgan fingerprint density at radius 3 is 2.43 bits per heavy atom. The van der Waals surface area contributed by atoms with Crippen LogP contribution >= 0.6 is 0 Å². The summed E-state index contributed by atoms with van der Waals surface area (Å²) in [5, 5.41) is 17.1. The van der Waals surface area contributed by atoms with E-state index in [9.17, 15) is 19.7 Å². The molecule has 2 N–H and O–H groups in total. The van der Waals surface area contributed by atoms with Crippen molar-refractivity contribution < 1.29 is 19.2 Å². The summed E-state index contributed by atoms with van der Waals surface area (Å²) in [6, 6.07) is 11.9. The van der Waals surface area contributed by atoms with Crippen LogP contribution in [-0.2, 0) is 11.4 Å². The van der Waals surface area contributed by atoms with Crippen LogP contribution in [0.2, 0.25) is 0 Å². The minimum atomic E-state index is -0.666. The Morgan fingerprint density at radius 1 is 1.13 bits per heavy atom. The molecule has 0 aliphatic heterocycles. The van der Waals surface area contributed by atoms with Gasteiger partial charge in [0.05, 0.1) is 10.6 Å². The van der Waals surface area contributed by atoms with Crippen molar-refractivity contribution in [2.75, 3.05) is 32.5 Å². The summed E-state index contributed by atoms with van der Waals surface area (Å²) in [6.07, 6.45) is 0.702. The summed E-state index contributed by atoms with van der Waals surface area (Å²) >= 11 is 0. The van der Waals surface area contributed by atoms with Crippen molar-refractivity contribution in [1.29, 1.82) is 0 Å². The lowest BCUT2D eigenvalue weighted by Crippen LogP contribution is -2.28. The lowest BCUT2D eigenvalue weighted by atomic mass is 10.1. The van der Waals surface area contributed by atoms with Crippen molar-refractivity contribution in [3.63, 3.8) is 0 Å². The standard InChI is InChI=1S/C21H26N4O5/c1-15(26)23-18-11-10-17(21(27)22-12-7-13-24(2)3)19(25(28)29)20(18)30-14-16-8-5-4-6-9-16/h4-6,8-11H,7,12-14H2,1-3H3,(H,22,27)(H,23,26). The van der Waals surface area contributed by atoms with Gasteiger partial charge in [0, 0.05) is 13.5 Å². The molecule has 0 fully saturated rings. The van der Waals surface area contributed by atoms with Crippen LogP contribution in [-0.4, -0.2) is 48.8 Å². The van der Waals surface area contributed by atoms with E-state index < -0.39 is 22.4 Å². The highest BCUT2D eigenvalue weighted by Gasteiger charge is 2.29. The van der Waals surface area contributed by atoms with Gasteiger partial charge in [-0.3, -0.25) is 19.7 Å². The lowest BCUT2D eigenvalue weighted by molar-refractivity contribution is -0.386. The van der Waals surface area contributed by atoms with Gasteiger partial charge in [-0.2, -0.15) is 0 Å². The first-order valence-corrected chi connectivity index (χ1v) is 9.48. The highest BCUT2D eigenvalue weighted by Crippen LogP contribution is 2.39. The summed E-state index contributed by atoms with van der Waals surface area (Å²) in [5.74, 6) is -1.13. The SMILES string of the molecule is CC(=O)Nc1ccc(C(=O)NCCCN(C)C)c([N+](=O)[O-])c1OCc1ccccc1. The molecule has 0 heterocycles. The van der Waals surface area contributed by atoms with Gasteiger partial charge in [-0.05, 0) is 44.8 Å². The molecule has 160 valence electrons. The molecule has 2 rings (SSSR count). The molecule has 9 heteroatoms. The smallest absolute Gasteiger partial charge is 0.325 e. The number of nitro groups is 1. The number of carbonyl (C=O) groups is 2.